The van der Waals surface area contributed by atoms with Crippen LogP contribution in [0.25, 0.3) is 11.0 Å². The van der Waals surface area contributed by atoms with Crippen molar-refractivity contribution in [3.8, 4) is 0 Å². The molecule has 110 valence electrons. The second-order valence-electron chi connectivity index (χ2n) is 4.84. The van der Waals surface area contributed by atoms with Gasteiger partial charge in [-0.1, -0.05) is 55.1 Å². The fourth-order valence-electron chi connectivity index (χ4n) is 2.24. The van der Waals surface area contributed by atoms with Crippen LogP contribution in [0.1, 0.15) is 44.9 Å². The van der Waals surface area contributed by atoms with Crippen LogP contribution in [0.15, 0.2) is 16.5 Å². The largest absolute Gasteiger partial charge is 0.458 e. The third-order valence-corrected chi connectivity index (χ3v) is 4.31. The highest BCUT2D eigenvalue weighted by atomic mass is 35.5. The summed E-state index contributed by atoms with van der Waals surface area (Å²) in [5.41, 5.74) is 0.607. The molecule has 5 heteroatoms. The van der Waals surface area contributed by atoms with Gasteiger partial charge in [0, 0.05) is 5.39 Å². The lowest BCUT2D eigenvalue weighted by molar-refractivity contribution is 0.408. The van der Waals surface area contributed by atoms with E-state index in [1.165, 1.54) is 0 Å². The highest BCUT2D eigenvalue weighted by Crippen LogP contribution is 2.39. The van der Waals surface area contributed by atoms with E-state index in [-0.39, 0.29) is 6.04 Å². The third kappa shape index (κ3) is 3.25. The molecule has 1 aromatic carbocycles. The van der Waals surface area contributed by atoms with Gasteiger partial charge in [-0.3, -0.25) is 0 Å². The Morgan fingerprint density at radius 1 is 1.10 bits per heavy atom. The predicted octanol–water partition coefficient (Wildman–Crippen LogP) is 6.23. The van der Waals surface area contributed by atoms with Gasteiger partial charge in [-0.25, -0.2) is 0 Å². The molecule has 0 radical (unpaired) electrons. The first-order chi connectivity index (χ1) is 9.58. The van der Waals surface area contributed by atoms with Crippen LogP contribution in [-0.2, 0) is 0 Å². The van der Waals surface area contributed by atoms with E-state index in [1.54, 1.807) is 6.07 Å². The van der Waals surface area contributed by atoms with Crippen molar-refractivity contribution in [1.82, 2.24) is 5.32 Å². The van der Waals surface area contributed by atoms with Crippen molar-refractivity contribution in [2.24, 2.45) is 0 Å². The average molecular weight is 335 g/mol. The Kier molecular flexibility index (Phi) is 5.62. The number of hydrogen-bond acceptors (Lipinski definition) is 2. The number of nitrogens with one attached hydrogen (secondary N) is 1. The molecule has 2 aromatic rings. The van der Waals surface area contributed by atoms with Crippen LogP contribution < -0.4 is 5.32 Å². The van der Waals surface area contributed by atoms with Crippen molar-refractivity contribution in [3.63, 3.8) is 0 Å². The number of rotatable bonds is 6. The maximum Gasteiger partial charge on any atom is 0.154 e. The van der Waals surface area contributed by atoms with Gasteiger partial charge in [-0.05, 0) is 31.5 Å². The number of fused-ring (bicyclic) bond motifs is 1. The van der Waals surface area contributed by atoms with Gasteiger partial charge in [0.15, 0.2) is 5.58 Å². The molecule has 0 amide bonds. The molecule has 20 heavy (non-hydrogen) atoms. The molecule has 2 nitrogen and oxygen atoms in total. The Morgan fingerprint density at radius 2 is 1.85 bits per heavy atom. The Morgan fingerprint density at radius 3 is 2.50 bits per heavy atom. The van der Waals surface area contributed by atoms with E-state index >= 15 is 0 Å². The zero-order valence-electron chi connectivity index (χ0n) is 11.6. The zero-order valence-corrected chi connectivity index (χ0v) is 13.9. The van der Waals surface area contributed by atoms with Gasteiger partial charge < -0.3 is 9.73 Å². The summed E-state index contributed by atoms with van der Waals surface area (Å²) in [5, 5.41) is 5.70. The topological polar surface area (TPSA) is 25.2 Å². The van der Waals surface area contributed by atoms with Gasteiger partial charge in [-0.2, -0.15) is 0 Å². The standard InChI is InChI=1S/C15H18Cl3NO/c1-3-5-12(19-6-4-2)13-7-9-14(18)10(16)8-11(17)15(9)20-13/h7-8,12,19H,3-6H2,1-2H3. The van der Waals surface area contributed by atoms with Crippen molar-refractivity contribution >= 4 is 45.8 Å². The number of halogens is 3. The summed E-state index contributed by atoms with van der Waals surface area (Å²) >= 11 is 18.5. The minimum absolute atomic E-state index is 0.179. The summed E-state index contributed by atoms with van der Waals surface area (Å²) in [6.07, 6.45) is 3.15. The van der Waals surface area contributed by atoms with Crippen LogP contribution in [0.2, 0.25) is 15.1 Å². The lowest BCUT2D eigenvalue weighted by Gasteiger charge is -2.14. The van der Waals surface area contributed by atoms with Crippen molar-refractivity contribution < 1.29 is 4.42 Å². The van der Waals surface area contributed by atoms with Crippen LogP contribution in [0.5, 0.6) is 0 Å². The Bertz CT molecular complexity index is 594. The molecule has 1 N–H and O–H groups in total. The van der Waals surface area contributed by atoms with Crippen molar-refractivity contribution in [1.29, 1.82) is 0 Å². The van der Waals surface area contributed by atoms with Crippen molar-refractivity contribution in [2.45, 2.75) is 39.2 Å². The third-order valence-electron chi connectivity index (χ3n) is 3.23. The molecule has 1 aromatic heterocycles. The van der Waals surface area contributed by atoms with E-state index in [4.69, 9.17) is 39.2 Å². The molecule has 0 saturated heterocycles. The fourth-order valence-corrected chi connectivity index (χ4v) is 2.95. The Balaban J connectivity index is 2.43. The second kappa shape index (κ2) is 7.04. The molecule has 1 unspecified atom stereocenters. The molecule has 0 aliphatic heterocycles. The maximum absolute atomic E-state index is 6.23. The smallest absolute Gasteiger partial charge is 0.154 e. The van der Waals surface area contributed by atoms with Gasteiger partial charge in [0.1, 0.15) is 5.76 Å². The molecule has 1 atom stereocenters. The molecule has 0 bridgehead atoms. The number of hydrogen-bond donors (Lipinski definition) is 1. The van der Waals surface area contributed by atoms with Gasteiger partial charge in [0.25, 0.3) is 0 Å². The minimum atomic E-state index is 0.179. The second-order valence-corrected chi connectivity index (χ2v) is 6.03. The van der Waals surface area contributed by atoms with E-state index in [0.29, 0.717) is 20.7 Å². The van der Waals surface area contributed by atoms with E-state index in [1.807, 2.05) is 6.07 Å². The highest BCUT2D eigenvalue weighted by Gasteiger charge is 2.19. The summed E-state index contributed by atoms with van der Waals surface area (Å²) in [6.45, 7) is 5.24. The number of benzene rings is 1. The first-order valence-electron chi connectivity index (χ1n) is 6.88. The van der Waals surface area contributed by atoms with Crippen LogP contribution in [0.3, 0.4) is 0 Å². The lowest BCUT2D eigenvalue weighted by Crippen LogP contribution is -2.21. The maximum atomic E-state index is 6.23. The molecule has 1 heterocycles. The predicted molar refractivity (Wildman–Crippen MR) is 87.2 cm³/mol. The summed E-state index contributed by atoms with van der Waals surface area (Å²) in [4.78, 5) is 0. The molecule has 0 fully saturated rings. The molecule has 0 saturated carbocycles. The Labute approximate surface area is 134 Å². The van der Waals surface area contributed by atoms with E-state index < -0.39 is 0 Å². The monoisotopic (exact) mass is 333 g/mol. The SMILES string of the molecule is CCCNC(CCC)c1cc2c(Cl)c(Cl)cc(Cl)c2o1. The molecular formula is C15H18Cl3NO. The first kappa shape index (κ1) is 16.0. The molecule has 0 spiro atoms. The summed E-state index contributed by atoms with van der Waals surface area (Å²) in [5.74, 6) is 0.862. The van der Waals surface area contributed by atoms with Crippen LogP contribution in [0.4, 0.5) is 0 Å². The van der Waals surface area contributed by atoms with Crippen LogP contribution in [0, 0.1) is 0 Å². The Hall–Kier alpha value is -0.410. The van der Waals surface area contributed by atoms with Crippen molar-refractivity contribution in [3.05, 3.63) is 33.0 Å². The molecule has 0 aliphatic rings. The van der Waals surface area contributed by atoms with E-state index in [9.17, 15) is 0 Å². The lowest BCUT2D eigenvalue weighted by atomic mass is 10.1. The highest BCUT2D eigenvalue weighted by molar-refractivity contribution is 6.47. The quantitative estimate of drug-likeness (QED) is 0.633. The molecule has 2 rings (SSSR count). The normalized spacial score (nSPS) is 13.1. The summed E-state index contributed by atoms with van der Waals surface area (Å²) in [7, 11) is 0. The van der Waals surface area contributed by atoms with Gasteiger partial charge in [0.2, 0.25) is 0 Å². The van der Waals surface area contributed by atoms with E-state index in [2.05, 4.69) is 19.2 Å². The zero-order chi connectivity index (χ0) is 14.7. The van der Waals surface area contributed by atoms with Crippen LogP contribution >= 0.6 is 34.8 Å². The summed E-state index contributed by atoms with van der Waals surface area (Å²) in [6, 6.07) is 3.74. The van der Waals surface area contributed by atoms with Gasteiger partial charge >= 0.3 is 0 Å². The van der Waals surface area contributed by atoms with Gasteiger partial charge in [0.05, 0.1) is 21.1 Å². The van der Waals surface area contributed by atoms with Crippen molar-refractivity contribution in [2.75, 3.05) is 6.54 Å². The fraction of sp³-hybridized carbons (Fsp3) is 0.467. The van der Waals surface area contributed by atoms with E-state index in [0.717, 1.165) is 37.0 Å². The van der Waals surface area contributed by atoms with Gasteiger partial charge in [-0.15, -0.1) is 0 Å². The number of furan rings is 1. The first-order valence-corrected chi connectivity index (χ1v) is 8.02. The minimum Gasteiger partial charge on any atom is -0.458 e. The summed E-state index contributed by atoms with van der Waals surface area (Å²) < 4.78 is 5.91. The van der Waals surface area contributed by atoms with Crippen LogP contribution in [-0.4, -0.2) is 6.54 Å². The molecule has 0 aliphatic carbocycles. The molecular weight excluding hydrogens is 317 g/mol. The average Bonchev–Trinajstić information content (AvgIpc) is 2.86.